The van der Waals surface area contributed by atoms with E-state index in [9.17, 15) is 14.4 Å². The van der Waals surface area contributed by atoms with E-state index in [-0.39, 0.29) is 42.0 Å². The van der Waals surface area contributed by atoms with Gasteiger partial charge >= 0.3 is 0 Å². The first-order chi connectivity index (χ1) is 13.0. The Bertz CT molecular complexity index is 1050. The maximum Gasteiger partial charge on any atom is 0.273 e. The standard InChI is InChI=1S/C21H23N3O3/c1-14(2)19(15-8-4-3-5-9-15)22-18(25)12-13-24-21(27)17-11-7-6-10-16(17)20(26)23-24/h3-11,14,19H,12-13H2,1-2H3,(H,22,25)(H,23,26)/t19-/m1/s1. The Morgan fingerprint density at radius 2 is 1.63 bits per heavy atom. The van der Waals surface area contributed by atoms with Crippen LogP contribution in [0.25, 0.3) is 10.8 Å². The fourth-order valence-corrected chi connectivity index (χ4v) is 3.16. The van der Waals surface area contributed by atoms with E-state index in [2.05, 4.69) is 10.4 Å². The molecule has 0 aliphatic rings. The molecule has 6 heteroatoms. The van der Waals surface area contributed by atoms with Crippen LogP contribution in [0.1, 0.15) is 31.9 Å². The normalized spacial score (nSPS) is 12.3. The van der Waals surface area contributed by atoms with Crippen molar-refractivity contribution in [1.82, 2.24) is 15.1 Å². The van der Waals surface area contributed by atoms with Crippen LogP contribution in [-0.4, -0.2) is 15.7 Å². The minimum absolute atomic E-state index is 0.101. The average Bonchev–Trinajstić information content (AvgIpc) is 2.68. The molecule has 6 nitrogen and oxygen atoms in total. The van der Waals surface area contributed by atoms with Gasteiger partial charge in [-0.15, -0.1) is 0 Å². The maximum absolute atomic E-state index is 12.5. The number of amides is 1. The Kier molecular flexibility index (Phi) is 5.54. The van der Waals surface area contributed by atoms with Gasteiger partial charge in [-0.25, -0.2) is 4.68 Å². The lowest BCUT2D eigenvalue weighted by Gasteiger charge is -2.23. The van der Waals surface area contributed by atoms with E-state index in [4.69, 9.17) is 0 Å². The zero-order valence-corrected chi connectivity index (χ0v) is 15.4. The minimum atomic E-state index is -0.338. The van der Waals surface area contributed by atoms with Crippen LogP contribution in [0.3, 0.4) is 0 Å². The Balaban J connectivity index is 1.74. The summed E-state index contributed by atoms with van der Waals surface area (Å²) in [5, 5.41) is 6.28. The fourth-order valence-electron chi connectivity index (χ4n) is 3.16. The molecule has 0 aliphatic heterocycles. The Morgan fingerprint density at radius 1 is 1.00 bits per heavy atom. The third-order valence-electron chi connectivity index (χ3n) is 4.59. The summed E-state index contributed by atoms with van der Waals surface area (Å²) in [5.74, 6) is 0.0537. The molecular formula is C21H23N3O3. The lowest BCUT2D eigenvalue weighted by Crippen LogP contribution is -2.35. The summed E-state index contributed by atoms with van der Waals surface area (Å²) in [7, 11) is 0. The topological polar surface area (TPSA) is 84.0 Å². The monoisotopic (exact) mass is 365 g/mol. The first-order valence-corrected chi connectivity index (χ1v) is 9.03. The zero-order chi connectivity index (χ0) is 19.4. The van der Waals surface area contributed by atoms with Crippen molar-refractivity contribution < 1.29 is 4.79 Å². The van der Waals surface area contributed by atoms with E-state index in [0.717, 1.165) is 5.56 Å². The van der Waals surface area contributed by atoms with Crippen LogP contribution in [0.15, 0.2) is 64.2 Å². The van der Waals surface area contributed by atoms with Gasteiger partial charge in [0.2, 0.25) is 5.91 Å². The Morgan fingerprint density at radius 3 is 2.30 bits per heavy atom. The van der Waals surface area contributed by atoms with Crippen molar-refractivity contribution in [3.63, 3.8) is 0 Å². The molecule has 1 heterocycles. The molecule has 1 amide bonds. The molecular weight excluding hydrogens is 342 g/mol. The molecule has 0 saturated heterocycles. The SMILES string of the molecule is CC(C)[C@@H](NC(=O)CCn1[nH]c(=O)c2ccccc2c1=O)c1ccccc1. The van der Waals surface area contributed by atoms with E-state index < -0.39 is 0 Å². The molecule has 140 valence electrons. The number of carbonyl (C=O) groups excluding carboxylic acids is 1. The van der Waals surface area contributed by atoms with E-state index >= 15 is 0 Å². The molecule has 2 N–H and O–H groups in total. The maximum atomic E-state index is 12.5. The lowest BCUT2D eigenvalue weighted by atomic mass is 9.96. The number of aryl methyl sites for hydroxylation is 1. The first kappa shape index (κ1) is 18.6. The van der Waals surface area contributed by atoms with Crippen LogP contribution < -0.4 is 16.4 Å². The highest BCUT2D eigenvalue weighted by molar-refractivity contribution is 5.80. The second-order valence-electron chi connectivity index (χ2n) is 6.89. The average molecular weight is 365 g/mol. The quantitative estimate of drug-likeness (QED) is 0.704. The summed E-state index contributed by atoms with van der Waals surface area (Å²) in [6.45, 7) is 4.21. The van der Waals surface area contributed by atoms with Crippen molar-refractivity contribution in [1.29, 1.82) is 0 Å². The van der Waals surface area contributed by atoms with Gasteiger partial charge in [0.25, 0.3) is 11.1 Å². The molecule has 2 aromatic carbocycles. The van der Waals surface area contributed by atoms with Gasteiger partial charge in [0.05, 0.1) is 23.4 Å². The van der Waals surface area contributed by atoms with Crippen LogP contribution in [-0.2, 0) is 11.3 Å². The molecule has 3 aromatic rings. The number of fused-ring (bicyclic) bond motifs is 1. The summed E-state index contributed by atoms with van der Waals surface area (Å²) in [6, 6.07) is 16.3. The highest BCUT2D eigenvalue weighted by Crippen LogP contribution is 2.21. The van der Waals surface area contributed by atoms with Crippen molar-refractivity contribution in [3.8, 4) is 0 Å². The number of hydrogen-bond acceptors (Lipinski definition) is 3. The summed E-state index contributed by atoms with van der Waals surface area (Å²) < 4.78 is 1.21. The van der Waals surface area contributed by atoms with Crippen molar-refractivity contribution in [2.45, 2.75) is 32.9 Å². The second kappa shape index (κ2) is 8.03. The van der Waals surface area contributed by atoms with E-state index in [1.807, 2.05) is 44.2 Å². The van der Waals surface area contributed by atoms with Crippen molar-refractivity contribution in [3.05, 3.63) is 80.9 Å². The van der Waals surface area contributed by atoms with Crippen LogP contribution in [0, 0.1) is 5.92 Å². The molecule has 0 bridgehead atoms. The van der Waals surface area contributed by atoms with Crippen LogP contribution >= 0.6 is 0 Å². The van der Waals surface area contributed by atoms with Gasteiger partial charge < -0.3 is 5.32 Å². The van der Waals surface area contributed by atoms with Crippen molar-refractivity contribution in [2.75, 3.05) is 0 Å². The number of aromatic amines is 1. The molecule has 1 aromatic heterocycles. The van der Waals surface area contributed by atoms with E-state index in [0.29, 0.717) is 10.8 Å². The van der Waals surface area contributed by atoms with Crippen molar-refractivity contribution >= 4 is 16.7 Å². The molecule has 0 spiro atoms. The number of rotatable bonds is 6. The second-order valence-corrected chi connectivity index (χ2v) is 6.89. The first-order valence-electron chi connectivity index (χ1n) is 9.03. The van der Waals surface area contributed by atoms with Gasteiger partial charge in [-0.2, -0.15) is 0 Å². The Hall–Kier alpha value is -3.15. The number of nitrogens with one attached hydrogen (secondary N) is 2. The van der Waals surface area contributed by atoms with Gasteiger partial charge in [0.15, 0.2) is 0 Å². The third-order valence-corrected chi connectivity index (χ3v) is 4.59. The van der Waals surface area contributed by atoms with Crippen LogP contribution in [0.5, 0.6) is 0 Å². The van der Waals surface area contributed by atoms with Gasteiger partial charge in [0.1, 0.15) is 0 Å². The summed E-state index contributed by atoms with van der Waals surface area (Å²) in [6.07, 6.45) is 0.101. The number of hydrogen-bond donors (Lipinski definition) is 2. The number of carbonyl (C=O) groups is 1. The number of aromatic nitrogens is 2. The lowest BCUT2D eigenvalue weighted by molar-refractivity contribution is -0.122. The Labute approximate surface area is 156 Å². The number of benzene rings is 2. The molecule has 0 radical (unpaired) electrons. The molecule has 0 fully saturated rings. The molecule has 1 atom stereocenters. The van der Waals surface area contributed by atoms with Crippen molar-refractivity contribution in [2.24, 2.45) is 5.92 Å². The van der Waals surface area contributed by atoms with Crippen LogP contribution in [0.4, 0.5) is 0 Å². The van der Waals surface area contributed by atoms with Gasteiger partial charge in [-0.1, -0.05) is 56.3 Å². The number of nitrogens with zero attached hydrogens (tertiary/aromatic N) is 1. The summed E-state index contributed by atoms with van der Waals surface area (Å²) >= 11 is 0. The molecule has 27 heavy (non-hydrogen) atoms. The van der Waals surface area contributed by atoms with Gasteiger partial charge in [-0.05, 0) is 23.6 Å². The third kappa shape index (κ3) is 4.16. The molecule has 0 saturated carbocycles. The van der Waals surface area contributed by atoms with E-state index in [1.54, 1.807) is 24.3 Å². The minimum Gasteiger partial charge on any atom is -0.349 e. The molecule has 0 unspecified atom stereocenters. The predicted molar refractivity (Wildman–Crippen MR) is 106 cm³/mol. The summed E-state index contributed by atoms with van der Waals surface area (Å²) in [4.78, 5) is 37.1. The number of H-pyrrole nitrogens is 1. The molecule has 0 aliphatic carbocycles. The molecule has 3 rings (SSSR count). The van der Waals surface area contributed by atoms with Gasteiger partial charge in [0, 0.05) is 6.42 Å². The van der Waals surface area contributed by atoms with E-state index in [1.165, 1.54) is 4.68 Å². The largest absolute Gasteiger partial charge is 0.349 e. The summed E-state index contributed by atoms with van der Waals surface area (Å²) in [5.41, 5.74) is 0.397. The van der Waals surface area contributed by atoms with Crippen LogP contribution in [0.2, 0.25) is 0 Å². The highest BCUT2D eigenvalue weighted by Gasteiger charge is 2.18. The predicted octanol–water partition coefficient (Wildman–Crippen LogP) is 2.59. The smallest absolute Gasteiger partial charge is 0.273 e. The zero-order valence-electron chi connectivity index (χ0n) is 15.4. The highest BCUT2D eigenvalue weighted by atomic mass is 16.2. The fraction of sp³-hybridized carbons (Fsp3) is 0.286. The van der Waals surface area contributed by atoms with Gasteiger partial charge in [-0.3, -0.25) is 19.5 Å².